The van der Waals surface area contributed by atoms with Crippen LogP contribution in [0.2, 0.25) is 0 Å². The second kappa shape index (κ2) is 7.43. The third-order valence-corrected chi connectivity index (χ3v) is 4.69. The summed E-state index contributed by atoms with van der Waals surface area (Å²) in [5.74, 6) is -0.559. The van der Waals surface area contributed by atoms with Crippen LogP contribution in [0.1, 0.15) is 28.9 Å². The van der Waals surface area contributed by atoms with Crippen LogP contribution in [-0.2, 0) is 20.7 Å². The molecule has 1 fully saturated rings. The van der Waals surface area contributed by atoms with Crippen LogP contribution in [0.4, 0.5) is 10.8 Å². The highest BCUT2D eigenvalue weighted by molar-refractivity contribution is 7.14. The van der Waals surface area contributed by atoms with E-state index in [-0.39, 0.29) is 18.2 Å². The average Bonchev–Trinajstić information content (AvgIpc) is 3.23. The van der Waals surface area contributed by atoms with Crippen LogP contribution < -0.4 is 10.2 Å². The van der Waals surface area contributed by atoms with E-state index in [9.17, 15) is 14.4 Å². The van der Waals surface area contributed by atoms with Crippen molar-refractivity contribution >= 4 is 39.9 Å². The molecule has 2 heterocycles. The zero-order valence-corrected chi connectivity index (χ0v) is 14.5. The normalized spacial score (nSPS) is 13.8. The summed E-state index contributed by atoms with van der Waals surface area (Å²) in [4.78, 5) is 41.3. The predicted molar refractivity (Wildman–Crippen MR) is 93.8 cm³/mol. The van der Waals surface area contributed by atoms with E-state index in [1.54, 1.807) is 34.5 Å². The Morgan fingerprint density at radius 3 is 2.72 bits per heavy atom. The predicted octanol–water partition coefficient (Wildman–Crippen LogP) is 2.24. The summed E-state index contributed by atoms with van der Waals surface area (Å²) in [6, 6.07) is 6.45. The Morgan fingerprint density at radius 2 is 2.08 bits per heavy atom. The highest BCUT2D eigenvalue weighted by Gasteiger charge is 2.24. The number of rotatable bonds is 5. The quantitative estimate of drug-likeness (QED) is 0.827. The van der Waals surface area contributed by atoms with Gasteiger partial charge >= 0.3 is 5.97 Å². The van der Waals surface area contributed by atoms with Gasteiger partial charge in [0.1, 0.15) is 0 Å². The molecule has 1 N–H and O–H groups in total. The van der Waals surface area contributed by atoms with Crippen LogP contribution in [0, 0.1) is 0 Å². The number of hydrogen-bond donors (Lipinski definition) is 1. The molecule has 2 amide bonds. The van der Waals surface area contributed by atoms with E-state index in [4.69, 9.17) is 0 Å². The molecule has 0 radical (unpaired) electrons. The van der Waals surface area contributed by atoms with Crippen molar-refractivity contribution in [2.75, 3.05) is 23.9 Å². The Labute approximate surface area is 148 Å². The van der Waals surface area contributed by atoms with Crippen LogP contribution >= 0.6 is 11.3 Å². The van der Waals surface area contributed by atoms with Gasteiger partial charge in [-0.05, 0) is 30.7 Å². The molecule has 1 aromatic carbocycles. The molecule has 0 aliphatic carbocycles. The molecule has 130 valence electrons. The Kier molecular flexibility index (Phi) is 5.08. The monoisotopic (exact) mass is 359 g/mol. The second-order valence-electron chi connectivity index (χ2n) is 5.56. The molecule has 0 saturated carbocycles. The van der Waals surface area contributed by atoms with Gasteiger partial charge in [0.25, 0.3) is 0 Å². The first-order valence-corrected chi connectivity index (χ1v) is 8.68. The maximum atomic E-state index is 12.1. The van der Waals surface area contributed by atoms with Crippen molar-refractivity contribution in [3.8, 4) is 0 Å². The van der Waals surface area contributed by atoms with Crippen LogP contribution in [0.25, 0.3) is 0 Å². The van der Waals surface area contributed by atoms with E-state index in [0.717, 1.165) is 6.42 Å². The average molecular weight is 359 g/mol. The van der Waals surface area contributed by atoms with Crippen molar-refractivity contribution in [2.45, 2.75) is 19.3 Å². The first kappa shape index (κ1) is 17.1. The van der Waals surface area contributed by atoms with E-state index in [2.05, 4.69) is 15.0 Å². The number of carbonyl (C=O) groups excluding carboxylic acids is 3. The van der Waals surface area contributed by atoms with E-state index in [1.807, 2.05) is 0 Å². The Balaban J connectivity index is 1.58. The van der Waals surface area contributed by atoms with Gasteiger partial charge in [-0.1, -0.05) is 0 Å². The lowest BCUT2D eigenvalue weighted by Crippen LogP contribution is -2.23. The third-order valence-electron chi connectivity index (χ3n) is 3.78. The van der Waals surface area contributed by atoms with Crippen LogP contribution in [0.15, 0.2) is 29.6 Å². The molecular weight excluding hydrogens is 342 g/mol. The minimum absolute atomic E-state index is 0.0797. The van der Waals surface area contributed by atoms with Gasteiger partial charge in [-0.3, -0.25) is 14.5 Å². The number of anilines is 2. The van der Waals surface area contributed by atoms with Crippen molar-refractivity contribution in [3.63, 3.8) is 0 Å². The van der Waals surface area contributed by atoms with Gasteiger partial charge in [0.15, 0.2) is 5.13 Å². The number of nitrogens with one attached hydrogen (secondary N) is 1. The first-order chi connectivity index (χ1) is 12.1. The van der Waals surface area contributed by atoms with Gasteiger partial charge in [0.2, 0.25) is 11.8 Å². The molecule has 1 aliphatic rings. The summed E-state index contributed by atoms with van der Waals surface area (Å²) >= 11 is 1.37. The number of carbonyl (C=O) groups is 3. The van der Waals surface area contributed by atoms with Crippen molar-refractivity contribution in [1.82, 2.24) is 4.98 Å². The summed E-state index contributed by atoms with van der Waals surface area (Å²) in [5, 5.41) is 5.19. The van der Waals surface area contributed by atoms with Gasteiger partial charge in [-0.2, -0.15) is 0 Å². The van der Waals surface area contributed by atoms with E-state index in [0.29, 0.717) is 35.0 Å². The van der Waals surface area contributed by atoms with Gasteiger partial charge < -0.3 is 10.1 Å². The molecule has 0 spiro atoms. The summed E-state index contributed by atoms with van der Waals surface area (Å²) in [6.07, 6.45) is 1.52. The van der Waals surface area contributed by atoms with Crippen LogP contribution in [-0.4, -0.2) is 36.4 Å². The number of aromatic nitrogens is 1. The molecule has 8 heteroatoms. The lowest BCUT2D eigenvalue weighted by molar-refractivity contribution is -0.117. The number of ether oxygens (including phenoxy) is 1. The van der Waals surface area contributed by atoms with Crippen LogP contribution in [0.5, 0.6) is 0 Å². The van der Waals surface area contributed by atoms with Gasteiger partial charge in [-0.15, -0.1) is 11.3 Å². The standard InChI is InChI=1S/C17H17N3O4S/c1-24-16(23)11-4-6-12(7-5-11)18-14(21)9-13-10-25-17(19-13)20-8-2-3-15(20)22/h4-7,10H,2-3,8-9H2,1H3,(H,18,21). The molecule has 0 atom stereocenters. The van der Waals surface area contributed by atoms with Crippen molar-refractivity contribution in [1.29, 1.82) is 0 Å². The lowest BCUT2D eigenvalue weighted by Gasteiger charge is -2.10. The maximum Gasteiger partial charge on any atom is 0.337 e. The fourth-order valence-corrected chi connectivity index (χ4v) is 3.40. The second-order valence-corrected chi connectivity index (χ2v) is 6.40. The summed E-state index contributed by atoms with van der Waals surface area (Å²) in [5.41, 5.74) is 1.63. The number of hydrogen-bond acceptors (Lipinski definition) is 6. The Hall–Kier alpha value is -2.74. The summed E-state index contributed by atoms with van der Waals surface area (Å²) < 4.78 is 4.63. The van der Waals surface area contributed by atoms with Gasteiger partial charge in [0.05, 0.1) is 24.8 Å². The first-order valence-electron chi connectivity index (χ1n) is 7.80. The molecular formula is C17H17N3O4S. The Morgan fingerprint density at radius 1 is 1.32 bits per heavy atom. The van der Waals surface area contributed by atoms with Crippen molar-refractivity contribution < 1.29 is 19.1 Å². The zero-order valence-electron chi connectivity index (χ0n) is 13.7. The number of methoxy groups -OCH3 is 1. The zero-order chi connectivity index (χ0) is 17.8. The third kappa shape index (κ3) is 4.03. The maximum absolute atomic E-state index is 12.1. The molecule has 0 unspecified atom stereocenters. The molecule has 1 saturated heterocycles. The van der Waals surface area contributed by atoms with Crippen LogP contribution in [0.3, 0.4) is 0 Å². The topological polar surface area (TPSA) is 88.6 Å². The highest BCUT2D eigenvalue weighted by Crippen LogP contribution is 2.25. The van der Waals surface area contributed by atoms with Crippen molar-refractivity contribution in [2.24, 2.45) is 0 Å². The molecule has 3 rings (SSSR count). The molecule has 0 bridgehead atoms. The minimum Gasteiger partial charge on any atom is -0.465 e. The van der Waals surface area contributed by atoms with Gasteiger partial charge in [-0.25, -0.2) is 9.78 Å². The lowest BCUT2D eigenvalue weighted by atomic mass is 10.2. The molecule has 2 aromatic rings. The highest BCUT2D eigenvalue weighted by atomic mass is 32.1. The summed E-state index contributed by atoms with van der Waals surface area (Å²) in [7, 11) is 1.32. The number of amides is 2. The molecule has 7 nitrogen and oxygen atoms in total. The van der Waals surface area contributed by atoms with Gasteiger partial charge in [0, 0.05) is 24.0 Å². The number of benzene rings is 1. The largest absolute Gasteiger partial charge is 0.465 e. The minimum atomic E-state index is -0.427. The van der Waals surface area contributed by atoms with Crippen molar-refractivity contribution in [3.05, 3.63) is 40.9 Å². The molecule has 1 aliphatic heterocycles. The van der Waals surface area contributed by atoms with E-state index in [1.165, 1.54) is 18.4 Å². The fourth-order valence-electron chi connectivity index (χ4n) is 2.53. The number of esters is 1. The molecule has 25 heavy (non-hydrogen) atoms. The Bertz CT molecular complexity index is 800. The number of nitrogens with zero attached hydrogens (tertiary/aromatic N) is 2. The van der Waals surface area contributed by atoms with E-state index >= 15 is 0 Å². The summed E-state index contributed by atoms with van der Waals surface area (Å²) in [6.45, 7) is 0.685. The smallest absolute Gasteiger partial charge is 0.337 e. The molecule has 1 aromatic heterocycles. The fraction of sp³-hybridized carbons (Fsp3) is 0.294. The number of thiazole rings is 1. The van der Waals surface area contributed by atoms with E-state index < -0.39 is 5.97 Å². The SMILES string of the molecule is COC(=O)c1ccc(NC(=O)Cc2csc(N3CCCC3=O)n2)cc1.